The Labute approximate surface area is 182 Å². The number of carbonyl (C=O) groups is 1. The summed E-state index contributed by atoms with van der Waals surface area (Å²) in [5.41, 5.74) is 5.02. The minimum absolute atomic E-state index is 0.0887. The van der Waals surface area contributed by atoms with Crippen LogP contribution in [0.3, 0.4) is 0 Å². The van der Waals surface area contributed by atoms with E-state index in [0.29, 0.717) is 17.0 Å². The number of nitrogens with zero attached hydrogens (tertiary/aromatic N) is 6. The first-order valence-electron chi connectivity index (χ1n) is 10.8. The highest BCUT2D eigenvalue weighted by Crippen LogP contribution is 2.40. The number of H-pyrrole nitrogens is 1. The normalized spacial score (nSPS) is 20.1. The van der Waals surface area contributed by atoms with Crippen molar-refractivity contribution in [2.45, 2.75) is 56.9 Å². The third kappa shape index (κ3) is 3.62. The average Bonchev–Trinajstić information content (AvgIpc) is 3.27. The van der Waals surface area contributed by atoms with Gasteiger partial charge in [0.25, 0.3) is 0 Å². The quantitative estimate of drug-likeness (QED) is 0.538. The zero-order valence-electron chi connectivity index (χ0n) is 17.0. The van der Waals surface area contributed by atoms with E-state index in [0.717, 1.165) is 61.5 Å². The van der Waals surface area contributed by atoms with Crippen molar-refractivity contribution in [1.29, 1.82) is 0 Å². The maximum Gasteiger partial charge on any atom is 0.249 e. The molecule has 11 heteroatoms. The number of carbonyl (C=O) groups excluding carboxylic acids is 1. The molecule has 3 N–H and O–H groups in total. The average molecular weight is 438 g/mol. The maximum atomic E-state index is 12.9. The van der Waals surface area contributed by atoms with Gasteiger partial charge < -0.3 is 10.2 Å². The SMILES string of the molecule is O=C(Nc1nncs1)C1CCCN1c1nc2c(c(Nc3cc(C4CC4)[nH]n3)n1)CCC2. The molecule has 1 aliphatic heterocycles. The van der Waals surface area contributed by atoms with Crippen molar-refractivity contribution in [1.82, 2.24) is 30.4 Å². The molecular weight excluding hydrogens is 414 g/mol. The second-order valence-electron chi connectivity index (χ2n) is 8.34. The van der Waals surface area contributed by atoms with Gasteiger partial charge in [0.15, 0.2) is 5.82 Å². The molecule has 3 aromatic heterocycles. The van der Waals surface area contributed by atoms with Crippen LogP contribution in [0.4, 0.5) is 22.7 Å². The van der Waals surface area contributed by atoms with Gasteiger partial charge in [-0.3, -0.25) is 15.2 Å². The predicted molar refractivity (Wildman–Crippen MR) is 117 cm³/mol. The number of anilines is 4. The molecule has 3 aromatic rings. The largest absolute Gasteiger partial charge is 0.329 e. The van der Waals surface area contributed by atoms with E-state index in [1.165, 1.54) is 29.9 Å². The summed E-state index contributed by atoms with van der Waals surface area (Å²) in [6.45, 7) is 0.751. The molecule has 0 spiro atoms. The van der Waals surface area contributed by atoms with E-state index in [-0.39, 0.29) is 11.9 Å². The molecule has 2 aliphatic carbocycles. The van der Waals surface area contributed by atoms with Crippen LogP contribution in [0.15, 0.2) is 11.6 Å². The maximum absolute atomic E-state index is 12.9. The summed E-state index contributed by atoms with van der Waals surface area (Å²) in [5, 5.41) is 22.1. The number of aromatic amines is 1. The Kier molecular flexibility index (Phi) is 4.55. The highest BCUT2D eigenvalue weighted by molar-refractivity contribution is 7.13. The molecule has 0 bridgehead atoms. The summed E-state index contributed by atoms with van der Waals surface area (Å²) >= 11 is 1.31. The van der Waals surface area contributed by atoms with Gasteiger partial charge in [0, 0.05) is 29.8 Å². The number of hydrogen-bond acceptors (Lipinski definition) is 9. The fraction of sp³-hybridized carbons (Fsp3) is 0.500. The number of nitrogens with one attached hydrogen (secondary N) is 3. The minimum Gasteiger partial charge on any atom is -0.329 e. The van der Waals surface area contributed by atoms with Gasteiger partial charge in [0.05, 0.1) is 5.69 Å². The van der Waals surface area contributed by atoms with Crippen molar-refractivity contribution in [2.24, 2.45) is 0 Å². The standard InChI is InChI=1S/C20H23N9OS/c30-18(25-20-28-21-10-31-20)15-5-2-8-29(15)19-22-13-4-1-3-12(13)17(24-19)23-16-9-14(26-27-16)11-6-7-11/h9-11,15H,1-8H2,(H,25,28,30)(H2,22,23,24,26,27). The minimum atomic E-state index is -0.317. The number of hydrogen-bond donors (Lipinski definition) is 3. The first kappa shape index (κ1) is 18.7. The lowest BCUT2D eigenvalue weighted by molar-refractivity contribution is -0.117. The van der Waals surface area contributed by atoms with E-state index in [1.807, 2.05) is 4.90 Å². The first-order chi connectivity index (χ1) is 15.2. The van der Waals surface area contributed by atoms with Crippen molar-refractivity contribution >= 4 is 40.0 Å². The van der Waals surface area contributed by atoms with E-state index in [2.05, 4.69) is 37.1 Å². The Bertz CT molecular complexity index is 1110. The molecule has 160 valence electrons. The van der Waals surface area contributed by atoms with Crippen molar-refractivity contribution in [3.63, 3.8) is 0 Å². The van der Waals surface area contributed by atoms with Gasteiger partial charge in [-0.25, -0.2) is 4.98 Å². The number of aryl methyl sites for hydroxylation is 1. The summed E-state index contributed by atoms with van der Waals surface area (Å²) in [4.78, 5) is 24.6. The molecule has 4 heterocycles. The molecule has 1 amide bonds. The third-order valence-corrected chi connectivity index (χ3v) is 6.79. The van der Waals surface area contributed by atoms with Crippen molar-refractivity contribution in [3.8, 4) is 0 Å². The fourth-order valence-electron chi connectivity index (χ4n) is 4.47. The summed E-state index contributed by atoms with van der Waals surface area (Å²) in [6, 6.07) is 1.76. The molecule has 0 aromatic carbocycles. The van der Waals surface area contributed by atoms with Gasteiger partial charge in [-0.05, 0) is 44.9 Å². The van der Waals surface area contributed by atoms with Crippen molar-refractivity contribution in [3.05, 3.63) is 28.5 Å². The van der Waals surface area contributed by atoms with Crippen LogP contribution in [-0.4, -0.2) is 48.9 Å². The lowest BCUT2D eigenvalue weighted by Gasteiger charge is -2.24. The molecule has 2 fully saturated rings. The predicted octanol–water partition coefficient (Wildman–Crippen LogP) is 2.77. The third-order valence-electron chi connectivity index (χ3n) is 6.19. The van der Waals surface area contributed by atoms with Crippen LogP contribution >= 0.6 is 11.3 Å². The summed E-state index contributed by atoms with van der Waals surface area (Å²) < 4.78 is 0. The molecule has 1 atom stereocenters. The number of rotatable bonds is 6. The van der Waals surface area contributed by atoms with Crippen molar-refractivity contribution in [2.75, 3.05) is 22.1 Å². The van der Waals surface area contributed by atoms with E-state index in [4.69, 9.17) is 9.97 Å². The molecule has 1 unspecified atom stereocenters. The first-order valence-corrected chi connectivity index (χ1v) is 11.7. The van der Waals surface area contributed by atoms with Gasteiger partial charge in [0.2, 0.25) is 17.0 Å². The fourth-order valence-corrected chi connectivity index (χ4v) is 4.92. The Morgan fingerprint density at radius 3 is 2.97 bits per heavy atom. The zero-order valence-corrected chi connectivity index (χ0v) is 17.8. The van der Waals surface area contributed by atoms with Crippen LogP contribution in [0.25, 0.3) is 0 Å². The van der Waals surface area contributed by atoms with Crippen molar-refractivity contribution < 1.29 is 4.79 Å². The van der Waals surface area contributed by atoms with Gasteiger partial charge in [-0.15, -0.1) is 10.2 Å². The number of fused-ring (bicyclic) bond motifs is 1. The monoisotopic (exact) mass is 437 g/mol. The van der Waals surface area contributed by atoms with Gasteiger partial charge >= 0.3 is 0 Å². The lowest BCUT2D eigenvalue weighted by atomic mass is 10.2. The highest BCUT2D eigenvalue weighted by atomic mass is 32.1. The zero-order chi connectivity index (χ0) is 20.8. The van der Waals surface area contributed by atoms with E-state index in [1.54, 1.807) is 5.51 Å². The Morgan fingerprint density at radius 2 is 2.13 bits per heavy atom. The molecule has 6 rings (SSSR count). The summed E-state index contributed by atoms with van der Waals surface area (Å²) in [7, 11) is 0. The smallest absolute Gasteiger partial charge is 0.249 e. The molecule has 10 nitrogen and oxygen atoms in total. The molecule has 1 saturated carbocycles. The molecule has 0 radical (unpaired) electrons. The van der Waals surface area contributed by atoms with E-state index >= 15 is 0 Å². The van der Waals surface area contributed by atoms with Gasteiger partial charge in [-0.1, -0.05) is 11.3 Å². The topological polar surface area (TPSA) is 125 Å². The van der Waals surface area contributed by atoms with Crippen LogP contribution in [0.1, 0.15) is 55.0 Å². The van der Waals surface area contributed by atoms with Crippen LogP contribution < -0.4 is 15.5 Å². The summed E-state index contributed by atoms with van der Waals surface area (Å²) in [5.74, 6) is 2.73. The van der Waals surface area contributed by atoms with Crippen LogP contribution in [0, 0.1) is 0 Å². The second-order valence-corrected chi connectivity index (χ2v) is 9.18. The molecule has 31 heavy (non-hydrogen) atoms. The Hall–Kier alpha value is -3.08. The van der Waals surface area contributed by atoms with E-state index < -0.39 is 0 Å². The second kappa shape index (κ2) is 7.56. The number of aromatic nitrogens is 6. The molecule has 3 aliphatic rings. The number of amides is 1. The molecule has 1 saturated heterocycles. The van der Waals surface area contributed by atoms with Gasteiger partial charge in [0.1, 0.15) is 17.4 Å². The highest BCUT2D eigenvalue weighted by Gasteiger charge is 2.34. The van der Waals surface area contributed by atoms with Crippen LogP contribution in [0.5, 0.6) is 0 Å². The molecular formula is C20H23N9OS. The Morgan fingerprint density at radius 1 is 1.19 bits per heavy atom. The lowest BCUT2D eigenvalue weighted by Crippen LogP contribution is -2.40. The Balaban J connectivity index is 1.27. The van der Waals surface area contributed by atoms with Crippen LogP contribution in [-0.2, 0) is 17.6 Å². The van der Waals surface area contributed by atoms with E-state index in [9.17, 15) is 4.79 Å². The van der Waals surface area contributed by atoms with Gasteiger partial charge in [-0.2, -0.15) is 10.1 Å². The summed E-state index contributed by atoms with van der Waals surface area (Å²) in [6.07, 6.45) is 7.09. The van der Waals surface area contributed by atoms with Crippen LogP contribution in [0.2, 0.25) is 0 Å².